The third-order valence-electron chi connectivity index (χ3n) is 3.09. The average molecular weight is 245 g/mol. The third-order valence-corrected chi connectivity index (χ3v) is 3.09. The molecule has 4 heteroatoms. The van der Waals surface area contributed by atoms with Gasteiger partial charge in [0.1, 0.15) is 5.82 Å². The van der Waals surface area contributed by atoms with Gasteiger partial charge in [0.25, 0.3) is 0 Å². The number of aromatic nitrogens is 2. The summed E-state index contributed by atoms with van der Waals surface area (Å²) >= 11 is 0. The molecule has 0 aliphatic heterocycles. The Labute approximate surface area is 106 Å². The lowest BCUT2D eigenvalue weighted by molar-refractivity contribution is 0.583. The first-order chi connectivity index (χ1) is 8.70. The van der Waals surface area contributed by atoms with Gasteiger partial charge in [-0.15, -0.1) is 0 Å². The molecule has 18 heavy (non-hydrogen) atoms. The zero-order valence-corrected chi connectivity index (χ0v) is 10.5. The van der Waals surface area contributed by atoms with Gasteiger partial charge < -0.3 is 5.32 Å². The van der Waals surface area contributed by atoms with Gasteiger partial charge in [-0.25, -0.2) is 4.39 Å². The summed E-state index contributed by atoms with van der Waals surface area (Å²) in [6.07, 6.45) is 4.23. The van der Waals surface area contributed by atoms with E-state index in [0.717, 1.165) is 23.1 Å². The average Bonchev–Trinajstić information content (AvgIpc) is 2.39. The van der Waals surface area contributed by atoms with Gasteiger partial charge in [0.05, 0.1) is 6.20 Å². The van der Waals surface area contributed by atoms with Crippen molar-refractivity contribution in [1.82, 2.24) is 15.5 Å². The minimum absolute atomic E-state index is 0.157. The summed E-state index contributed by atoms with van der Waals surface area (Å²) < 4.78 is 13.1. The van der Waals surface area contributed by atoms with E-state index in [2.05, 4.69) is 15.5 Å². The maximum absolute atomic E-state index is 13.1. The predicted molar refractivity (Wildman–Crippen MR) is 68.7 cm³/mol. The van der Waals surface area contributed by atoms with E-state index in [0.29, 0.717) is 0 Å². The predicted octanol–water partition coefficient (Wildman–Crippen LogP) is 2.43. The van der Waals surface area contributed by atoms with Crippen molar-refractivity contribution >= 4 is 0 Å². The molecule has 1 N–H and O–H groups in total. The number of nitrogens with zero attached hydrogens (tertiary/aromatic N) is 2. The Morgan fingerprint density at radius 1 is 1.28 bits per heavy atom. The lowest BCUT2D eigenvalue weighted by Gasteiger charge is -2.17. The van der Waals surface area contributed by atoms with E-state index in [-0.39, 0.29) is 11.9 Å². The quantitative estimate of drug-likeness (QED) is 0.899. The highest BCUT2D eigenvalue weighted by Crippen LogP contribution is 2.19. The molecule has 0 fully saturated rings. The van der Waals surface area contributed by atoms with Crippen LogP contribution >= 0.6 is 0 Å². The zero-order valence-electron chi connectivity index (χ0n) is 10.5. The van der Waals surface area contributed by atoms with E-state index in [1.54, 1.807) is 18.5 Å². The largest absolute Gasteiger partial charge is 0.313 e. The lowest BCUT2D eigenvalue weighted by atomic mass is 9.97. The summed E-state index contributed by atoms with van der Waals surface area (Å²) in [5.41, 5.74) is 3.18. The number of hydrogen-bond donors (Lipinski definition) is 1. The Kier molecular flexibility index (Phi) is 3.99. The number of aryl methyl sites for hydroxylation is 1. The zero-order chi connectivity index (χ0) is 13.0. The van der Waals surface area contributed by atoms with Gasteiger partial charge in [0.15, 0.2) is 0 Å². The molecule has 0 saturated carbocycles. The van der Waals surface area contributed by atoms with Crippen LogP contribution in [0.3, 0.4) is 0 Å². The molecular weight excluding hydrogens is 229 g/mol. The topological polar surface area (TPSA) is 37.8 Å². The van der Waals surface area contributed by atoms with Crippen LogP contribution in [-0.2, 0) is 6.42 Å². The second-order valence-corrected chi connectivity index (χ2v) is 4.29. The van der Waals surface area contributed by atoms with Crippen molar-refractivity contribution in [3.05, 3.63) is 59.2 Å². The van der Waals surface area contributed by atoms with Crippen LogP contribution in [0.2, 0.25) is 0 Å². The summed E-state index contributed by atoms with van der Waals surface area (Å²) in [5.74, 6) is -0.192. The second-order valence-electron chi connectivity index (χ2n) is 4.29. The standard InChI is InChI=1S/C14H16FN3/c1-10-7-13(15)4-3-11(10)8-14(16-2)12-5-6-17-18-9-12/h3-7,9,14,16H,8H2,1-2H3. The molecule has 0 bridgehead atoms. The first-order valence-corrected chi connectivity index (χ1v) is 5.89. The molecule has 1 aromatic heterocycles. The van der Waals surface area contributed by atoms with Gasteiger partial charge in [-0.05, 0) is 55.3 Å². The molecule has 1 atom stereocenters. The Morgan fingerprint density at radius 3 is 2.72 bits per heavy atom. The SMILES string of the molecule is CNC(Cc1ccc(F)cc1C)c1ccnnc1. The third kappa shape index (κ3) is 2.90. The van der Waals surface area contributed by atoms with Crippen LogP contribution in [0.5, 0.6) is 0 Å². The molecule has 0 radical (unpaired) electrons. The van der Waals surface area contributed by atoms with Crippen LogP contribution in [0.4, 0.5) is 4.39 Å². The number of likely N-dealkylation sites (N-methyl/N-ethyl adjacent to an activating group) is 1. The number of nitrogens with one attached hydrogen (secondary N) is 1. The molecule has 0 aliphatic rings. The highest BCUT2D eigenvalue weighted by atomic mass is 19.1. The van der Waals surface area contributed by atoms with E-state index in [1.807, 2.05) is 26.1 Å². The van der Waals surface area contributed by atoms with Gasteiger partial charge >= 0.3 is 0 Å². The summed E-state index contributed by atoms with van der Waals surface area (Å²) in [5, 5.41) is 10.9. The van der Waals surface area contributed by atoms with Crippen molar-refractivity contribution in [1.29, 1.82) is 0 Å². The molecule has 0 saturated heterocycles. The Balaban J connectivity index is 2.21. The first-order valence-electron chi connectivity index (χ1n) is 5.89. The van der Waals surface area contributed by atoms with Gasteiger partial charge in [-0.1, -0.05) is 6.07 Å². The van der Waals surface area contributed by atoms with E-state index in [4.69, 9.17) is 0 Å². The van der Waals surface area contributed by atoms with E-state index < -0.39 is 0 Å². The molecule has 0 aliphatic carbocycles. The van der Waals surface area contributed by atoms with Crippen LogP contribution < -0.4 is 5.32 Å². The molecule has 0 amide bonds. The highest BCUT2D eigenvalue weighted by Gasteiger charge is 2.12. The normalized spacial score (nSPS) is 12.4. The van der Waals surface area contributed by atoms with Crippen LogP contribution in [0, 0.1) is 12.7 Å². The fourth-order valence-electron chi connectivity index (χ4n) is 2.00. The summed E-state index contributed by atoms with van der Waals surface area (Å²) in [4.78, 5) is 0. The van der Waals surface area contributed by atoms with Gasteiger partial charge in [0.2, 0.25) is 0 Å². The highest BCUT2D eigenvalue weighted by molar-refractivity contribution is 5.29. The van der Waals surface area contributed by atoms with E-state index >= 15 is 0 Å². The number of benzene rings is 1. The summed E-state index contributed by atoms with van der Waals surface area (Å²) in [6.45, 7) is 1.93. The van der Waals surface area contributed by atoms with Crippen molar-refractivity contribution in [2.24, 2.45) is 0 Å². The fraction of sp³-hybridized carbons (Fsp3) is 0.286. The first kappa shape index (κ1) is 12.6. The van der Waals surface area contributed by atoms with Gasteiger partial charge in [-0.2, -0.15) is 10.2 Å². The van der Waals surface area contributed by atoms with Crippen LogP contribution in [0.25, 0.3) is 0 Å². The molecule has 2 aromatic rings. The van der Waals surface area contributed by atoms with Crippen molar-refractivity contribution in [3.63, 3.8) is 0 Å². The van der Waals surface area contributed by atoms with Crippen LogP contribution in [0.15, 0.2) is 36.7 Å². The van der Waals surface area contributed by atoms with Crippen LogP contribution in [0.1, 0.15) is 22.7 Å². The Bertz CT molecular complexity index is 514. The van der Waals surface area contributed by atoms with E-state index in [1.165, 1.54) is 6.07 Å². The minimum Gasteiger partial charge on any atom is -0.313 e. The summed E-state index contributed by atoms with van der Waals surface area (Å²) in [6, 6.07) is 6.99. The molecular formula is C14H16FN3. The van der Waals surface area contributed by atoms with Crippen molar-refractivity contribution < 1.29 is 4.39 Å². The fourth-order valence-corrected chi connectivity index (χ4v) is 2.00. The van der Waals surface area contributed by atoms with E-state index in [9.17, 15) is 4.39 Å². The van der Waals surface area contributed by atoms with Gasteiger partial charge in [0, 0.05) is 12.2 Å². The smallest absolute Gasteiger partial charge is 0.123 e. The molecule has 0 spiro atoms. The Hall–Kier alpha value is -1.81. The molecule has 1 unspecified atom stereocenters. The second kappa shape index (κ2) is 5.69. The minimum atomic E-state index is -0.192. The maximum Gasteiger partial charge on any atom is 0.123 e. The molecule has 2 rings (SSSR count). The molecule has 1 heterocycles. The van der Waals surface area contributed by atoms with Crippen LogP contribution in [-0.4, -0.2) is 17.2 Å². The molecule has 3 nitrogen and oxygen atoms in total. The maximum atomic E-state index is 13.1. The number of hydrogen-bond acceptors (Lipinski definition) is 3. The van der Waals surface area contributed by atoms with Crippen molar-refractivity contribution in [3.8, 4) is 0 Å². The molecule has 94 valence electrons. The van der Waals surface area contributed by atoms with Crippen molar-refractivity contribution in [2.45, 2.75) is 19.4 Å². The number of rotatable bonds is 4. The monoisotopic (exact) mass is 245 g/mol. The summed E-state index contributed by atoms with van der Waals surface area (Å²) in [7, 11) is 1.91. The Morgan fingerprint density at radius 2 is 2.11 bits per heavy atom. The lowest BCUT2D eigenvalue weighted by Crippen LogP contribution is -2.19. The van der Waals surface area contributed by atoms with Crippen molar-refractivity contribution in [2.75, 3.05) is 7.05 Å². The number of halogens is 1. The molecule has 1 aromatic carbocycles. The van der Waals surface area contributed by atoms with Gasteiger partial charge in [-0.3, -0.25) is 0 Å².